The molecule has 0 rings (SSSR count). The third-order valence-corrected chi connectivity index (χ3v) is 3.58. The molecule has 130 valence electrons. The van der Waals surface area contributed by atoms with Crippen molar-refractivity contribution in [2.24, 2.45) is 0 Å². The van der Waals surface area contributed by atoms with E-state index < -0.39 is 0 Å². The molecule has 0 aromatic carbocycles. The molecule has 0 aliphatic carbocycles. The van der Waals surface area contributed by atoms with Crippen LogP contribution in [-0.2, 0) is 9.47 Å². The molecule has 0 aromatic heterocycles. The van der Waals surface area contributed by atoms with E-state index in [0.29, 0.717) is 6.79 Å². The minimum absolute atomic E-state index is 0.462. The molecule has 2 heteroatoms. The smallest absolute Gasteiger partial charge is 0.146 e. The van der Waals surface area contributed by atoms with Crippen LogP contribution in [0.25, 0.3) is 0 Å². The number of ether oxygens (including phenoxy) is 2. The Morgan fingerprint density at radius 2 is 1.14 bits per heavy atom. The maximum Gasteiger partial charge on any atom is 0.146 e. The van der Waals surface area contributed by atoms with Crippen LogP contribution in [0, 0.1) is 0 Å². The molecule has 0 atom stereocenters. The molecule has 0 radical (unpaired) electrons. The van der Waals surface area contributed by atoms with Crippen molar-refractivity contribution in [3.8, 4) is 0 Å². The fourth-order valence-electron chi connectivity index (χ4n) is 2.12. The third-order valence-electron chi connectivity index (χ3n) is 3.58. The first-order valence-corrected chi connectivity index (χ1v) is 9.39. The summed E-state index contributed by atoms with van der Waals surface area (Å²) < 4.78 is 10.9. The summed E-state index contributed by atoms with van der Waals surface area (Å²) in [5, 5.41) is 0. The van der Waals surface area contributed by atoms with Gasteiger partial charge in [-0.1, -0.05) is 76.7 Å². The maximum atomic E-state index is 5.47. The van der Waals surface area contributed by atoms with Crippen molar-refractivity contribution < 1.29 is 9.47 Å². The molecule has 0 aliphatic rings. The highest BCUT2D eigenvalue weighted by molar-refractivity contribution is 5.02. The van der Waals surface area contributed by atoms with E-state index in [1.54, 1.807) is 0 Å². The van der Waals surface area contributed by atoms with E-state index in [9.17, 15) is 0 Å². The van der Waals surface area contributed by atoms with E-state index in [1.165, 1.54) is 57.8 Å². The van der Waals surface area contributed by atoms with Crippen LogP contribution in [0.2, 0.25) is 0 Å². The first-order chi connectivity index (χ1) is 10.9. The SMILES string of the molecule is CCCC/C=C\C=C\CCCCOCOCCCCCCC. The Labute approximate surface area is 139 Å². The Morgan fingerprint density at radius 1 is 0.591 bits per heavy atom. The highest BCUT2D eigenvalue weighted by Gasteiger charge is 1.91. The molecular formula is C20H38O2. The third kappa shape index (κ3) is 19.4. The Morgan fingerprint density at radius 3 is 1.77 bits per heavy atom. The minimum Gasteiger partial charge on any atom is -0.355 e. The van der Waals surface area contributed by atoms with Crippen LogP contribution < -0.4 is 0 Å². The molecule has 0 saturated heterocycles. The topological polar surface area (TPSA) is 18.5 Å². The second kappa shape index (κ2) is 20.4. The molecule has 0 unspecified atom stereocenters. The molecule has 0 amide bonds. The first kappa shape index (κ1) is 21.4. The Balaban J connectivity index is 3.08. The zero-order valence-corrected chi connectivity index (χ0v) is 15.0. The van der Waals surface area contributed by atoms with Gasteiger partial charge in [0, 0.05) is 13.2 Å². The fourth-order valence-corrected chi connectivity index (χ4v) is 2.12. The van der Waals surface area contributed by atoms with Crippen LogP contribution in [0.15, 0.2) is 24.3 Å². The highest BCUT2D eigenvalue weighted by Crippen LogP contribution is 2.02. The number of hydrogen-bond donors (Lipinski definition) is 0. The number of unbranched alkanes of at least 4 members (excludes halogenated alkanes) is 8. The van der Waals surface area contributed by atoms with Crippen molar-refractivity contribution in [1.29, 1.82) is 0 Å². The normalized spacial score (nSPS) is 11.9. The molecule has 0 fully saturated rings. The van der Waals surface area contributed by atoms with Gasteiger partial charge >= 0.3 is 0 Å². The van der Waals surface area contributed by atoms with Gasteiger partial charge < -0.3 is 9.47 Å². The Kier molecular flexibility index (Phi) is 19.8. The number of hydrogen-bond acceptors (Lipinski definition) is 2. The lowest BCUT2D eigenvalue weighted by molar-refractivity contribution is -0.0554. The predicted molar refractivity (Wildman–Crippen MR) is 97.2 cm³/mol. The van der Waals surface area contributed by atoms with Crippen LogP contribution in [-0.4, -0.2) is 20.0 Å². The Hall–Kier alpha value is -0.600. The molecule has 22 heavy (non-hydrogen) atoms. The summed E-state index contributed by atoms with van der Waals surface area (Å²) in [7, 11) is 0. The van der Waals surface area contributed by atoms with Crippen molar-refractivity contribution in [1.82, 2.24) is 0 Å². The predicted octanol–water partition coefficient (Wildman–Crippen LogP) is 6.42. The average Bonchev–Trinajstić information content (AvgIpc) is 2.54. The molecule has 0 bridgehead atoms. The van der Waals surface area contributed by atoms with Gasteiger partial charge in [0.15, 0.2) is 0 Å². The van der Waals surface area contributed by atoms with E-state index in [2.05, 4.69) is 38.2 Å². The number of rotatable bonds is 17. The van der Waals surface area contributed by atoms with Crippen molar-refractivity contribution in [2.45, 2.75) is 84.5 Å². The zero-order chi connectivity index (χ0) is 16.1. The minimum atomic E-state index is 0.462. The van der Waals surface area contributed by atoms with Gasteiger partial charge in [-0.2, -0.15) is 0 Å². The quantitative estimate of drug-likeness (QED) is 0.175. The van der Waals surface area contributed by atoms with Crippen LogP contribution in [0.1, 0.15) is 84.5 Å². The lowest BCUT2D eigenvalue weighted by Gasteiger charge is -2.05. The molecule has 0 aromatic rings. The van der Waals surface area contributed by atoms with E-state index in [1.807, 2.05) is 0 Å². The second-order valence-corrected chi connectivity index (χ2v) is 5.84. The van der Waals surface area contributed by atoms with E-state index in [-0.39, 0.29) is 0 Å². The summed E-state index contributed by atoms with van der Waals surface area (Å²) in [6.45, 7) is 6.59. The van der Waals surface area contributed by atoms with Gasteiger partial charge in [-0.25, -0.2) is 0 Å². The summed E-state index contributed by atoms with van der Waals surface area (Å²) in [5.41, 5.74) is 0. The summed E-state index contributed by atoms with van der Waals surface area (Å²) in [6, 6.07) is 0. The van der Waals surface area contributed by atoms with Crippen molar-refractivity contribution in [3.63, 3.8) is 0 Å². The van der Waals surface area contributed by atoms with Crippen LogP contribution in [0.4, 0.5) is 0 Å². The van der Waals surface area contributed by atoms with Gasteiger partial charge in [0.1, 0.15) is 6.79 Å². The van der Waals surface area contributed by atoms with E-state index in [4.69, 9.17) is 9.47 Å². The van der Waals surface area contributed by atoms with E-state index >= 15 is 0 Å². The molecule has 0 aliphatic heterocycles. The number of allylic oxidation sites excluding steroid dienone is 4. The van der Waals surface area contributed by atoms with Crippen molar-refractivity contribution in [3.05, 3.63) is 24.3 Å². The largest absolute Gasteiger partial charge is 0.355 e. The van der Waals surface area contributed by atoms with Crippen LogP contribution >= 0.6 is 0 Å². The van der Waals surface area contributed by atoms with Gasteiger partial charge in [0.05, 0.1) is 0 Å². The summed E-state index contributed by atoms with van der Waals surface area (Å²) in [5.74, 6) is 0. The monoisotopic (exact) mass is 310 g/mol. The zero-order valence-electron chi connectivity index (χ0n) is 15.0. The molecule has 0 spiro atoms. The fraction of sp³-hybridized carbons (Fsp3) is 0.800. The average molecular weight is 311 g/mol. The van der Waals surface area contributed by atoms with Crippen molar-refractivity contribution >= 4 is 0 Å². The standard InChI is InChI=1S/C20H38O2/c1-3-5-7-9-10-11-12-13-15-17-19-22-20-21-18-16-14-8-6-4-2/h9-12H,3-8,13-20H2,1-2H3/b10-9-,12-11+. The van der Waals surface area contributed by atoms with Crippen molar-refractivity contribution in [2.75, 3.05) is 20.0 Å². The molecule has 2 nitrogen and oxygen atoms in total. The van der Waals surface area contributed by atoms with Gasteiger partial charge in [-0.3, -0.25) is 0 Å². The summed E-state index contributed by atoms with van der Waals surface area (Å²) in [6.07, 6.45) is 22.5. The Bertz CT molecular complexity index is 246. The molecule has 0 N–H and O–H groups in total. The highest BCUT2D eigenvalue weighted by atomic mass is 16.7. The van der Waals surface area contributed by atoms with Gasteiger partial charge in [-0.05, 0) is 32.1 Å². The van der Waals surface area contributed by atoms with Crippen LogP contribution in [0.5, 0.6) is 0 Å². The van der Waals surface area contributed by atoms with Gasteiger partial charge in [-0.15, -0.1) is 0 Å². The van der Waals surface area contributed by atoms with Crippen LogP contribution in [0.3, 0.4) is 0 Å². The molecule has 0 heterocycles. The molecule has 0 saturated carbocycles. The molecular weight excluding hydrogens is 272 g/mol. The summed E-state index contributed by atoms with van der Waals surface area (Å²) >= 11 is 0. The van der Waals surface area contributed by atoms with Gasteiger partial charge in [0.2, 0.25) is 0 Å². The lowest BCUT2D eigenvalue weighted by Crippen LogP contribution is -2.02. The first-order valence-electron chi connectivity index (χ1n) is 9.39. The maximum absolute atomic E-state index is 5.47. The van der Waals surface area contributed by atoms with Gasteiger partial charge in [0.25, 0.3) is 0 Å². The second-order valence-electron chi connectivity index (χ2n) is 5.84. The van der Waals surface area contributed by atoms with E-state index in [0.717, 1.165) is 26.1 Å². The summed E-state index contributed by atoms with van der Waals surface area (Å²) in [4.78, 5) is 0. The lowest BCUT2D eigenvalue weighted by atomic mass is 10.2.